The third-order valence-corrected chi connectivity index (χ3v) is 3.60. The number of Topliss-reactive ketones (excluding diaryl/α,β-unsaturated/α-hetero) is 1. The van der Waals surface area contributed by atoms with Gasteiger partial charge in [0.2, 0.25) is 0 Å². The van der Waals surface area contributed by atoms with Crippen molar-refractivity contribution in [1.82, 2.24) is 0 Å². The van der Waals surface area contributed by atoms with Crippen molar-refractivity contribution in [1.29, 1.82) is 0 Å². The van der Waals surface area contributed by atoms with Crippen LogP contribution in [0.5, 0.6) is 0 Å². The third kappa shape index (κ3) is 2.55. The zero-order chi connectivity index (χ0) is 9.26. The van der Waals surface area contributed by atoms with Gasteiger partial charge < -0.3 is 0 Å². The number of hydrogen-bond donors (Lipinski definition) is 0. The summed E-state index contributed by atoms with van der Waals surface area (Å²) in [6, 6.07) is 3.61. The van der Waals surface area contributed by atoms with Crippen molar-refractivity contribution in [2.75, 3.05) is 0 Å². The largest absolute Gasteiger partial charge is 0.293 e. The Bertz CT molecular complexity index is 314. The molecule has 1 aromatic heterocycles. The molecule has 0 amide bonds. The smallest absolute Gasteiger partial charge is 0.172 e. The minimum absolute atomic E-state index is 0.254. The van der Waals surface area contributed by atoms with Crippen LogP contribution in [0, 0.1) is 5.92 Å². The van der Waals surface area contributed by atoms with Gasteiger partial charge in [-0.05, 0) is 24.5 Å². The van der Waals surface area contributed by atoms with Crippen LogP contribution < -0.4 is 0 Å². The zero-order valence-electron chi connectivity index (χ0n) is 7.25. The van der Waals surface area contributed by atoms with Crippen LogP contribution in [0.4, 0.5) is 0 Å². The lowest BCUT2D eigenvalue weighted by Crippen LogP contribution is -1.95. The fourth-order valence-electron chi connectivity index (χ4n) is 1.33. The van der Waals surface area contributed by atoms with E-state index in [0.29, 0.717) is 10.8 Å². The molecule has 1 fully saturated rings. The number of thiophene rings is 1. The van der Waals surface area contributed by atoms with E-state index in [1.165, 1.54) is 24.2 Å². The van der Waals surface area contributed by atoms with Gasteiger partial charge in [-0.2, -0.15) is 0 Å². The highest BCUT2D eigenvalue weighted by Gasteiger charge is 2.22. The Hall–Kier alpha value is -0.340. The molecule has 3 heteroatoms. The van der Waals surface area contributed by atoms with Gasteiger partial charge in [0.15, 0.2) is 5.78 Å². The molecule has 0 unspecified atom stereocenters. The summed E-state index contributed by atoms with van der Waals surface area (Å²) in [5, 5.41) is 0. The van der Waals surface area contributed by atoms with Crippen molar-refractivity contribution >= 4 is 28.7 Å². The normalized spacial score (nSPS) is 16.1. The standard InChI is InChI=1S/C10H11ClOS/c11-10-6-5-9(13-10)8(12)4-3-7-1-2-7/h5-7H,1-4H2. The Morgan fingerprint density at radius 3 is 2.85 bits per heavy atom. The molecule has 1 aliphatic carbocycles. The molecule has 0 atom stereocenters. The van der Waals surface area contributed by atoms with Crippen LogP contribution in [-0.2, 0) is 0 Å². The molecule has 70 valence electrons. The van der Waals surface area contributed by atoms with Crippen LogP contribution in [-0.4, -0.2) is 5.78 Å². The number of hydrogen-bond acceptors (Lipinski definition) is 2. The van der Waals surface area contributed by atoms with E-state index in [2.05, 4.69) is 0 Å². The molecular formula is C10H11ClOS. The molecule has 0 saturated heterocycles. The number of halogens is 1. The van der Waals surface area contributed by atoms with Crippen molar-refractivity contribution in [2.45, 2.75) is 25.7 Å². The molecule has 1 aromatic rings. The maximum Gasteiger partial charge on any atom is 0.172 e. The van der Waals surface area contributed by atoms with Gasteiger partial charge in [0.25, 0.3) is 0 Å². The van der Waals surface area contributed by atoms with Gasteiger partial charge in [0.05, 0.1) is 9.21 Å². The topological polar surface area (TPSA) is 17.1 Å². The van der Waals surface area contributed by atoms with E-state index in [9.17, 15) is 4.79 Å². The van der Waals surface area contributed by atoms with E-state index in [1.807, 2.05) is 6.07 Å². The highest BCUT2D eigenvalue weighted by molar-refractivity contribution is 7.18. The molecule has 13 heavy (non-hydrogen) atoms. The van der Waals surface area contributed by atoms with Gasteiger partial charge in [-0.15, -0.1) is 11.3 Å². The summed E-state index contributed by atoms with van der Waals surface area (Å²) in [6.07, 6.45) is 4.40. The molecule has 0 N–H and O–H groups in total. The van der Waals surface area contributed by atoms with E-state index in [-0.39, 0.29) is 5.78 Å². The first-order chi connectivity index (χ1) is 6.25. The van der Waals surface area contributed by atoms with Gasteiger partial charge >= 0.3 is 0 Å². The Labute approximate surface area is 86.7 Å². The van der Waals surface area contributed by atoms with Crippen LogP contribution in [0.15, 0.2) is 12.1 Å². The Morgan fingerprint density at radius 1 is 1.54 bits per heavy atom. The van der Waals surface area contributed by atoms with Crippen LogP contribution in [0.1, 0.15) is 35.4 Å². The lowest BCUT2D eigenvalue weighted by Gasteiger charge is -1.95. The predicted octanol–water partition coefficient (Wildman–Crippen LogP) is 3.77. The average molecular weight is 215 g/mol. The molecule has 0 aromatic carbocycles. The summed E-state index contributed by atoms with van der Waals surface area (Å²) >= 11 is 7.13. The van der Waals surface area contributed by atoms with Crippen LogP contribution in [0.3, 0.4) is 0 Å². The molecular weight excluding hydrogens is 204 g/mol. The lowest BCUT2D eigenvalue weighted by atomic mass is 10.1. The summed E-state index contributed by atoms with van der Waals surface area (Å²) < 4.78 is 0.703. The molecule has 2 rings (SSSR count). The first kappa shape index (κ1) is 9.22. The summed E-state index contributed by atoms with van der Waals surface area (Å²) in [4.78, 5) is 12.4. The van der Waals surface area contributed by atoms with Gasteiger partial charge in [0.1, 0.15) is 0 Å². The summed E-state index contributed by atoms with van der Waals surface area (Å²) in [5.41, 5.74) is 0. The van der Waals surface area contributed by atoms with Crippen LogP contribution in [0.2, 0.25) is 4.34 Å². The first-order valence-electron chi connectivity index (χ1n) is 4.54. The summed E-state index contributed by atoms with van der Waals surface area (Å²) in [7, 11) is 0. The highest BCUT2D eigenvalue weighted by Crippen LogP contribution is 2.34. The molecule has 1 aliphatic rings. The number of rotatable bonds is 4. The Kier molecular flexibility index (Phi) is 2.70. The van der Waals surface area contributed by atoms with Crippen LogP contribution in [0.25, 0.3) is 0 Å². The monoisotopic (exact) mass is 214 g/mol. The van der Waals surface area contributed by atoms with E-state index >= 15 is 0 Å². The molecule has 1 heterocycles. The molecule has 1 nitrogen and oxygen atoms in total. The minimum atomic E-state index is 0.254. The fraction of sp³-hybridized carbons (Fsp3) is 0.500. The van der Waals surface area contributed by atoms with E-state index in [0.717, 1.165) is 17.2 Å². The summed E-state index contributed by atoms with van der Waals surface area (Å²) in [6.45, 7) is 0. The second-order valence-electron chi connectivity index (χ2n) is 3.51. The van der Waals surface area contributed by atoms with Crippen molar-refractivity contribution in [3.8, 4) is 0 Å². The quantitative estimate of drug-likeness (QED) is 0.698. The fourth-order valence-corrected chi connectivity index (χ4v) is 2.34. The average Bonchev–Trinajstić information content (AvgIpc) is 2.84. The first-order valence-corrected chi connectivity index (χ1v) is 5.73. The van der Waals surface area contributed by atoms with Crippen molar-refractivity contribution in [3.63, 3.8) is 0 Å². The van der Waals surface area contributed by atoms with E-state index < -0.39 is 0 Å². The summed E-state index contributed by atoms with van der Waals surface area (Å²) in [5.74, 6) is 1.09. The van der Waals surface area contributed by atoms with Crippen molar-refractivity contribution < 1.29 is 4.79 Å². The molecule has 0 bridgehead atoms. The Balaban J connectivity index is 1.88. The third-order valence-electron chi connectivity index (χ3n) is 2.32. The highest BCUT2D eigenvalue weighted by atomic mass is 35.5. The van der Waals surface area contributed by atoms with E-state index in [4.69, 9.17) is 11.6 Å². The maximum absolute atomic E-state index is 11.5. The molecule has 0 radical (unpaired) electrons. The van der Waals surface area contributed by atoms with Gasteiger partial charge in [-0.3, -0.25) is 4.79 Å². The van der Waals surface area contributed by atoms with Gasteiger partial charge in [-0.1, -0.05) is 24.4 Å². The number of carbonyl (C=O) groups excluding carboxylic acids is 1. The number of carbonyl (C=O) groups is 1. The van der Waals surface area contributed by atoms with Gasteiger partial charge in [0, 0.05) is 6.42 Å². The predicted molar refractivity (Wildman–Crippen MR) is 55.6 cm³/mol. The molecule has 1 saturated carbocycles. The lowest BCUT2D eigenvalue weighted by molar-refractivity contribution is 0.0982. The number of ketones is 1. The van der Waals surface area contributed by atoms with E-state index in [1.54, 1.807) is 6.07 Å². The van der Waals surface area contributed by atoms with Gasteiger partial charge in [-0.25, -0.2) is 0 Å². The minimum Gasteiger partial charge on any atom is -0.293 e. The Morgan fingerprint density at radius 2 is 2.31 bits per heavy atom. The second-order valence-corrected chi connectivity index (χ2v) is 5.22. The van der Waals surface area contributed by atoms with Crippen molar-refractivity contribution in [2.24, 2.45) is 5.92 Å². The van der Waals surface area contributed by atoms with Crippen LogP contribution >= 0.6 is 22.9 Å². The SMILES string of the molecule is O=C(CCC1CC1)c1ccc(Cl)s1. The molecule has 0 aliphatic heterocycles. The van der Waals surface area contributed by atoms with Crippen molar-refractivity contribution in [3.05, 3.63) is 21.3 Å². The molecule has 0 spiro atoms. The zero-order valence-corrected chi connectivity index (χ0v) is 8.83. The second kappa shape index (κ2) is 3.81. The maximum atomic E-state index is 11.5.